The quantitative estimate of drug-likeness (QED) is 0.188. The Kier molecular flexibility index (Phi) is 11.4. The van der Waals surface area contributed by atoms with Crippen molar-refractivity contribution in [2.24, 2.45) is 0 Å². The Balaban J connectivity index is 1.71. The first-order valence-corrected chi connectivity index (χ1v) is 15.8. The van der Waals surface area contributed by atoms with Gasteiger partial charge in [0.1, 0.15) is 28.8 Å². The number of nitrogens with one attached hydrogen (secondary N) is 2. The zero-order valence-electron chi connectivity index (χ0n) is 26.1. The number of aromatic nitrogens is 2. The second-order valence-electron chi connectivity index (χ2n) is 9.93. The van der Waals surface area contributed by atoms with E-state index in [0.29, 0.717) is 32.6 Å². The third kappa shape index (κ3) is 8.11. The molecule has 0 saturated carbocycles. The van der Waals surface area contributed by atoms with E-state index in [1.54, 1.807) is 36.2 Å². The van der Waals surface area contributed by atoms with Crippen molar-refractivity contribution in [3.05, 3.63) is 88.7 Å². The molecule has 4 aromatic rings. The predicted octanol–water partition coefficient (Wildman–Crippen LogP) is 5.23. The maximum Gasteiger partial charge on any atom is 0.406 e. The van der Waals surface area contributed by atoms with Gasteiger partial charge in [0.2, 0.25) is 5.95 Å². The highest BCUT2D eigenvalue weighted by atomic mass is 35.5. The lowest BCUT2D eigenvalue weighted by molar-refractivity contribution is 0.151. The third-order valence-electron chi connectivity index (χ3n) is 6.90. The fourth-order valence-corrected chi connectivity index (χ4v) is 6.11. The summed E-state index contributed by atoms with van der Waals surface area (Å²) in [7, 11) is 1.17. The van der Waals surface area contributed by atoms with E-state index in [9.17, 15) is 22.9 Å². The van der Waals surface area contributed by atoms with Crippen LogP contribution in [0.3, 0.4) is 0 Å². The van der Waals surface area contributed by atoms with E-state index in [1.165, 1.54) is 33.4 Å². The summed E-state index contributed by atoms with van der Waals surface area (Å²) in [6.07, 6.45) is 0.949. The zero-order chi connectivity index (χ0) is 35.0. The van der Waals surface area contributed by atoms with Gasteiger partial charge in [-0.25, -0.2) is 36.3 Å². The van der Waals surface area contributed by atoms with Crippen LogP contribution in [0, 0.1) is 23.0 Å². The van der Waals surface area contributed by atoms with Gasteiger partial charge in [-0.1, -0.05) is 11.6 Å². The number of ether oxygens (including phenoxy) is 3. The molecule has 0 aliphatic rings. The first-order chi connectivity index (χ1) is 22.9. The van der Waals surface area contributed by atoms with Crippen molar-refractivity contribution in [3.63, 3.8) is 0 Å². The molecule has 0 bridgehead atoms. The van der Waals surface area contributed by atoms with Crippen molar-refractivity contribution in [1.82, 2.24) is 15.3 Å². The lowest BCUT2D eigenvalue weighted by atomic mass is 10.1. The van der Waals surface area contributed by atoms with E-state index >= 15 is 4.39 Å². The van der Waals surface area contributed by atoms with Gasteiger partial charge in [-0.3, -0.25) is 0 Å². The van der Waals surface area contributed by atoms with Crippen LogP contribution in [-0.2, 0) is 21.3 Å². The minimum absolute atomic E-state index is 0.00971. The van der Waals surface area contributed by atoms with Crippen LogP contribution in [0.25, 0.3) is 0 Å². The number of methoxy groups -OCH3 is 2. The molecule has 1 amide bonds. The number of anilines is 4. The molecule has 252 valence electrons. The molecule has 0 fully saturated rings. The van der Waals surface area contributed by atoms with Gasteiger partial charge in [-0.2, -0.15) is 5.26 Å². The number of nitrogens with zero attached hydrogens (tertiary/aromatic N) is 5. The smallest absolute Gasteiger partial charge is 0.406 e. The molecule has 1 aromatic heterocycles. The highest BCUT2D eigenvalue weighted by molar-refractivity contribution is 7.92. The van der Waals surface area contributed by atoms with Gasteiger partial charge >= 0.3 is 6.09 Å². The lowest BCUT2D eigenvalue weighted by Gasteiger charge is -2.25. The molecular weight excluding hydrogens is 672 g/mol. The van der Waals surface area contributed by atoms with Gasteiger partial charge in [-0.15, -0.1) is 0 Å². The number of rotatable bonds is 13. The van der Waals surface area contributed by atoms with E-state index in [0.717, 1.165) is 24.5 Å². The van der Waals surface area contributed by atoms with E-state index < -0.39 is 45.1 Å². The Morgan fingerprint density at radius 2 is 1.77 bits per heavy atom. The number of carbonyl (C=O) groups excluding carboxylic acids is 1. The summed E-state index contributed by atoms with van der Waals surface area (Å²) in [5.41, 5.74) is 1.55. The SMILES string of the molecule is CNC(=O)OCCN(C)c1cc(C#N)ccc1Nc1cc(F)c(S(=O)(=O)N(Cc2ccc(OC)cc2OC)c2ncc(F)cn2)cc1Cl. The van der Waals surface area contributed by atoms with E-state index in [2.05, 4.69) is 20.6 Å². The molecule has 0 radical (unpaired) electrons. The van der Waals surface area contributed by atoms with E-state index in [4.69, 9.17) is 25.8 Å². The summed E-state index contributed by atoms with van der Waals surface area (Å²) in [5.74, 6) is -1.71. The van der Waals surface area contributed by atoms with Gasteiger partial charge in [0.25, 0.3) is 10.0 Å². The van der Waals surface area contributed by atoms with Crippen molar-refractivity contribution in [2.45, 2.75) is 11.4 Å². The summed E-state index contributed by atoms with van der Waals surface area (Å²) in [6, 6.07) is 13.2. The molecule has 48 heavy (non-hydrogen) atoms. The minimum atomic E-state index is -4.78. The molecule has 17 heteroatoms. The molecule has 3 aromatic carbocycles. The standard InChI is InChI=1S/C31H30ClF2N7O6S/c1-36-31(42)47-10-9-40(2)27-11-19(15-35)5-8-25(27)39-26-14-24(34)29(13-23(26)32)48(43,44)41(30-37-16-21(33)17-38-30)18-20-6-7-22(45-3)12-28(20)46-4/h5-8,11-14,16-17,39H,9-10,18H2,1-4H3,(H,36,42). The van der Waals surface area contributed by atoms with Crippen LogP contribution in [0.1, 0.15) is 11.1 Å². The summed E-state index contributed by atoms with van der Waals surface area (Å²) in [4.78, 5) is 20.0. The first kappa shape index (κ1) is 35.5. The highest BCUT2D eigenvalue weighted by Gasteiger charge is 2.32. The van der Waals surface area contributed by atoms with E-state index in [1.807, 2.05) is 6.07 Å². The number of benzene rings is 3. The Bertz CT molecular complexity index is 1950. The molecule has 0 atom stereocenters. The van der Waals surface area contributed by atoms with Crippen LogP contribution >= 0.6 is 11.6 Å². The van der Waals surface area contributed by atoms with Gasteiger partial charge in [-0.05, 0) is 36.4 Å². The van der Waals surface area contributed by atoms with Crippen molar-refractivity contribution >= 4 is 50.7 Å². The predicted molar refractivity (Wildman–Crippen MR) is 174 cm³/mol. The normalized spacial score (nSPS) is 10.9. The number of hydrogen-bond donors (Lipinski definition) is 2. The van der Waals surface area contributed by atoms with E-state index in [-0.39, 0.29) is 29.6 Å². The average molecular weight is 702 g/mol. The number of amides is 1. The van der Waals surface area contributed by atoms with Crippen molar-refractivity contribution in [3.8, 4) is 17.6 Å². The topological polar surface area (TPSA) is 159 Å². The summed E-state index contributed by atoms with van der Waals surface area (Å²) >= 11 is 6.54. The molecule has 1 heterocycles. The first-order valence-electron chi connectivity index (χ1n) is 14.0. The van der Waals surface area contributed by atoms with Crippen LogP contribution < -0.4 is 29.3 Å². The molecular formula is C31H30ClF2N7O6S. The molecule has 0 aliphatic heterocycles. The summed E-state index contributed by atoms with van der Waals surface area (Å²) < 4.78 is 74.1. The Morgan fingerprint density at radius 1 is 1.04 bits per heavy atom. The molecule has 0 spiro atoms. The fraction of sp³-hybridized carbons (Fsp3) is 0.226. The van der Waals surface area contributed by atoms with Crippen molar-refractivity contribution in [1.29, 1.82) is 5.26 Å². The van der Waals surface area contributed by atoms with Crippen LogP contribution in [-0.4, -0.2) is 65.9 Å². The van der Waals surface area contributed by atoms with Crippen molar-refractivity contribution in [2.75, 3.05) is 56.0 Å². The number of hydrogen-bond acceptors (Lipinski definition) is 11. The Hall–Kier alpha value is -5.40. The molecule has 0 saturated heterocycles. The van der Waals surface area contributed by atoms with Gasteiger partial charge in [0.15, 0.2) is 5.82 Å². The van der Waals surface area contributed by atoms with Crippen LogP contribution in [0.4, 0.5) is 36.6 Å². The second kappa shape index (κ2) is 15.5. The minimum Gasteiger partial charge on any atom is -0.497 e. The number of nitriles is 1. The number of alkyl carbamates (subject to hydrolysis) is 1. The number of halogens is 3. The second-order valence-corrected chi connectivity index (χ2v) is 12.2. The van der Waals surface area contributed by atoms with Crippen LogP contribution in [0.2, 0.25) is 5.02 Å². The lowest BCUT2D eigenvalue weighted by Crippen LogP contribution is -2.33. The summed E-state index contributed by atoms with van der Waals surface area (Å²) in [5, 5.41) is 14.6. The molecule has 13 nitrogen and oxygen atoms in total. The molecule has 0 unspecified atom stereocenters. The van der Waals surface area contributed by atoms with Gasteiger partial charge in [0.05, 0.1) is 73.4 Å². The van der Waals surface area contributed by atoms with Gasteiger partial charge < -0.3 is 29.7 Å². The zero-order valence-corrected chi connectivity index (χ0v) is 27.7. The fourth-order valence-electron chi connectivity index (χ4n) is 4.41. The third-order valence-corrected chi connectivity index (χ3v) is 8.95. The monoisotopic (exact) mass is 701 g/mol. The number of sulfonamides is 1. The number of likely N-dealkylation sites (N-methyl/N-ethyl adjacent to an activating group) is 1. The number of carbonyl (C=O) groups is 1. The van der Waals surface area contributed by atoms with Crippen LogP contribution in [0.15, 0.2) is 65.8 Å². The maximum atomic E-state index is 15.9. The Morgan fingerprint density at radius 3 is 2.42 bits per heavy atom. The van der Waals surface area contributed by atoms with Gasteiger partial charge in [0, 0.05) is 31.8 Å². The Labute approximate surface area is 280 Å². The van der Waals surface area contributed by atoms with Crippen molar-refractivity contribution < 1.29 is 36.2 Å². The largest absolute Gasteiger partial charge is 0.497 e. The molecule has 4 rings (SSSR count). The average Bonchev–Trinajstić information content (AvgIpc) is 3.08. The summed E-state index contributed by atoms with van der Waals surface area (Å²) in [6.45, 7) is -0.176. The molecule has 0 aliphatic carbocycles. The van der Waals surface area contributed by atoms with Crippen LogP contribution in [0.5, 0.6) is 11.5 Å². The molecule has 2 N–H and O–H groups in total. The maximum absolute atomic E-state index is 15.9. The highest BCUT2D eigenvalue weighted by Crippen LogP contribution is 2.37.